The molecule has 2 N–H and O–H groups in total. The summed E-state index contributed by atoms with van der Waals surface area (Å²) in [4.78, 5) is 30.3. The minimum absolute atomic E-state index is 0.236. The third kappa shape index (κ3) is 7.86. The molecule has 7 nitrogen and oxygen atoms in total. The second kappa shape index (κ2) is 15.0. The standard InChI is InChI=1S/C34H45N3O4/c1-4-5-8-18-29-30(33(38)39)25(2)35-26(3)31(29)34(40)41-24-13-19-36-20-22-37(23-21-36)32(27-14-9-6-10-15-27)28-16-11-7-12-17-28/h6-7,9-12,14-17,29,32,35H,4-5,8,13,18-24H2,1-3H3,(H,38,39). The molecule has 2 aromatic rings. The Kier molecular flexibility index (Phi) is 11.2. The Labute approximate surface area is 244 Å². The zero-order chi connectivity index (χ0) is 29.2. The van der Waals surface area contributed by atoms with Crippen LogP contribution in [0.3, 0.4) is 0 Å². The van der Waals surface area contributed by atoms with Gasteiger partial charge in [0.2, 0.25) is 0 Å². The highest BCUT2D eigenvalue weighted by molar-refractivity contribution is 5.97. The SMILES string of the molecule is CCCCCC1C(C(=O)O)=C(C)NC(C)=C1C(=O)OCCCN1CCN(C(c2ccccc2)c2ccccc2)CC1. The molecule has 0 aromatic heterocycles. The van der Waals surface area contributed by atoms with Gasteiger partial charge in [-0.3, -0.25) is 4.90 Å². The van der Waals surface area contributed by atoms with Gasteiger partial charge in [0.15, 0.2) is 0 Å². The minimum atomic E-state index is -0.977. The molecule has 4 rings (SSSR count). The molecule has 2 heterocycles. The predicted molar refractivity (Wildman–Crippen MR) is 162 cm³/mol. The lowest BCUT2D eigenvalue weighted by molar-refractivity contribution is -0.140. The lowest BCUT2D eigenvalue weighted by Gasteiger charge is -2.39. The van der Waals surface area contributed by atoms with E-state index in [1.54, 1.807) is 6.92 Å². The topological polar surface area (TPSA) is 82.1 Å². The monoisotopic (exact) mass is 559 g/mol. The Hall–Kier alpha value is -3.42. The quantitative estimate of drug-likeness (QED) is 0.239. The van der Waals surface area contributed by atoms with Crippen LogP contribution in [0.25, 0.3) is 0 Å². The third-order valence-electron chi connectivity index (χ3n) is 8.28. The molecule has 0 saturated carbocycles. The summed E-state index contributed by atoms with van der Waals surface area (Å²) in [7, 11) is 0. The van der Waals surface area contributed by atoms with Crippen molar-refractivity contribution in [1.82, 2.24) is 15.1 Å². The Morgan fingerprint density at radius 2 is 1.46 bits per heavy atom. The van der Waals surface area contributed by atoms with E-state index in [0.717, 1.165) is 58.4 Å². The molecule has 41 heavy (non-hydrogen) atoms. The van der Waals surface area contributed by atoms with Crippen molar-refractivity contribution < 1.29 is 19.4 Å². The van der Waals surface area contributed by atoms with Crippen molar-refractivity contribution in [3.05, 3.63) is 94.3 Å². The highest BCUT2D eigenvalue weighted by Crippen LogP contribution is 2.35. The molecule has 2 aliphatic heterocycles. The number of carboxylic acid groups (broad SMARTS) is 1. The van der Waals surface area contributed by atoms with Crippen molar-refractivity contribution in [2.24, 2.45) is 5.92 Å². The van der Waals surface area contributed by atoms with Gasteiger partial charge in [-0.15, -0.1) is 0 Å². The average Bonchev–Trinajstić information content (AvgIpc) is 2.97. The van der Waals surface area contributed by atoms with Crippen LogP contribution in [0.1, 0.15) is 70.0 Å². The molecule has 0 amide bonds. The number of aliphatic carboxylic acids is 1. The predicted octanol–water partition coefficient (Wildman–Crippen LogP) is 5.76. The summed E-state index contributed by atoms with van der Waals surface area (Å²) >= 11 is 0. The molecule has 2 aliphatic rings. The highest BCUT2D eigenvalue weighted by atomic mass is 16.5. The van der Waals surface area contributed by atoms with E-state index in [1.165, 1.54) is 11.1 Å². The van der Waals surface area contributed by atoms with Gasteiger partial charge in [-0.2, -0.15) is 0 Å². The number of hydrogen-bond acceptors (Lipinski definition) is 6. The lowest BCUT2D eigenvalue weighted by atomic mass is 9.82. The van der Waals surface area contributed by atoms with Crippen molar-refractivity contribution in [2.45, 2.75) is 58.9 Å². The largest absolute Gasteiger partial charge is 0.478 e. The van der Waals surface area contributed by atoms with Gasteiger partial charge in [-0.05, 0) is 37.8 Å². The molecule has 0 spiro atoms. The Bertz CT molecular complexity index is 1180. The van der Waals surface area contributed by atoms with Crippen LogP contribution in [0, 0.1) is 5.92 Å². The van der Waals surface area contributed by atoms with E-state index < -0.39 is 17.9 Å². The number of rotatable bonds is 13. The second-order valence-electron chi connectivity index (χ2n) is 11.1. The van der Waals surface area contributed by atoms with Crippen LogP contribution >= 0.6 is 0 Å². The van der Waals surface area contributed by atoms with Gasteiger partial charge in [0.1, 0.15) is 0 Å². The number of carboxylic acids is 1. The summed E-state index contributed by atoms with van der Waals surface area (Å²) in [5, 5.41) is 13.0. The summed E-state index contributed by atoms with van der Waals surface area (Å²) in [6.45, 7) is 10.8. The van der Waals surface area contributed by atoms with Crippen LogP contribution < -0.4 is 5.32 Å². The molecule has 1 fully saturated rings. The molecule has 2 aromatic carbocycles. The smallest absolute Gasteiger partial charge is 0.336 e. The number of hydrogen-bond donors (Lipinski definition) is 2. The number of carbonyl (C=O) groups excluding carboxylic acids is 1. The van der Waals surface area contributed by atoms with Crippen molar-refractivity contribution in [2.75, 3.05) is 39.3 Å². The molecule has 0 aliphatic carbocycles. The molecule has 220 valence electrons. The van der Waals surface area contributed by atoms with Gasteiger partial charge in [0.05, 0.1) is 23.8 Å². The maximum atomic E-state index is 13.2. The molecular weight excluding hydrogens is 514 g/mol. The van der Waals surface area contributed by atoms with Crippen molar-refractivity contribution in [3.8, 4) is 0 Å². The molecule has 1 unspecified atom stereocenters. The number of dihydropyridines is 1. The summed E-state index contributed by atoms with van der Waals surface area (Å²) in [5.41, 5.74) is 4.66. The van der Waals surface area contributed by atoms with Gasteiger partial charge >= 0.3 is 11.9 Å². The van der Waals surface area contributed by atoms with Gasteiger partial charge in [0.25, 0.3) is 0 Å². The number of carbonyl (C=O) groups is 2. The summed E-state index contributed by atoms with van der Waals surface area (Å²) in [6, 6.07) is 21.6. The maximum Gasteiger partial charge on any atom is 0.336 e. The van der Waals surface area contributed by atoms with Crippen molar-refractivity contribution >= 4 is 11.9 Å². The fourth-order valence-corrected chi connectivity index (χ4v) is 6.24. The van der Waals surface area contributed by atoms with Crippen LogP contribution in [0.4, 0.5) is 0 Å². The first-order valence-electron chi connectivity index (χ1n) is 15.1. The van der Waals surface area contributed by atoms with Crippen LogP contribution in [-0.4, -0.2) is 66.2 Å². The van der Waals surface area contributed by atoms with Gasteiger partial charge in [-0.1, -0.05) is 86.8 Å². The van der Waals surface area contributed by atoms with Gasteiger partial charge in [-0.25, -0.2) is 9.59 Å². The van der Waals surface area contributed by atoms with Crippen molar-refractivity contribution in [3.63, 3.8) is 0 Å². The van der Waals surface area contributed by atoms with E-state index in [2.05, 4.69) is 82.7 Å². The molecule has 0 radical (unpaired) electrons. The Morgan fingerprint density at radius 3 is 2.02 bits per heavy atom. The van der Waals surface area contributed by atoms with Crippen molar-refractivity contribution in [1.29, 1.82) is 0 Å². The van der Waals surface area contributed by atoms with Gasteiger partial charge < -0.3 is 20.1 Å². The summed E-state index contributed by atoms with van der Waals surface area (Å²) in [6.07, 6.45) is 4.28. The number of benzene rings is 2. The number of unbranched alkanes of at least 4 members (excludes halogenated alkanes) is 2. The molecule has 7 heteroatoms. The number of piperazine rings is 1. The highest BCUT2D eigenvalue weighted by Gasteiger charge is 2.35. The van der Waals surface area contributed by atoms with E-state index >= 15 is 0 Å². The fraction of sp³-hybridized carbons (Fsp3) is 0.471. The second-order valence-corrected chi connectivity index (χ2v) is 11.1. The number of esters is 1. The van der Waals surface area contributed by atoms with E-state index in [1.807, 2.05) is 6.92 Å². The average molecular weight is 560 g/mol. The van der Waals surface area contributed by atoms with E-state index in [0.29, 0.717) is 30.0 Å². The van der Waals surface area contributed by atoms with Crippen LogP contribution in [0.5, 0.6) is 0 Å². The normalized spacial score (nSPS) is 18.5. The number of nitrogens with one attached hydrogen (secondary N) is 1. The zero-order valence-corrected chi connectivity index (χ0v) is 24.8. The first kappa shape index (κ1) is 30.5. The van der Waals surface area contributed by atoms with Crippen LogP contribution in [0.15, 0.2) is 83.2 Å². The van der Waals surface area contributed by atoms with Crippen LogP contribution in [0.2, 0.25) is 0 Å². The fourth-order valence-electron chi connectivity index (χ4n) is 6.24. The first-order chi connectivity index (χ1) is 19.9. The number of nitrogens with zero attached hydrogens (tertiary/aromatic N) is 2. The summed E-state index contributed by atoms with van der Waals surface area (Å²) < 4.78 is 5.73. The van der Waals surface area contributed by atoms with Crippen LogP contribution in [-0.2, 0) is 14.3 Å². The van der Waals surface area contributed by atoms with E-state index in [4.69, 9.17) is 4.74 Å². The zero-order valence-electron chi connectivity index (χ0n) is 24.8. The Balaban J connectivity index is 1.29. The maximum absolute atomic E-state index is 13.2. The summed E-state index contributed by atoms with van der Waals surface area (Å²) in [5.74, 6) is -1.82. The van der Waals surface area contributed by atoms with E-state index in [9.17, 15) is 14.7 Å². The molecular formula is C34H45N3O4. The lowest BCUT2D eigenvalue weighted by Crippen LogP contribution is -2.48. The molecule has 0 bridgehead atoms. The molecule has 1 atom stereocenters. The first-order valence-corrected chi connectivity index (χ1v) is 15.1. The molecule has 1 saturated heterocycles. The van der Waals surface area contributed by atoms with E-state index in [-0.39, 0.29) is 11.6 Å². The van der Waals surface area contributed by atoms with Gasteiger partial charge in [0, 0.05) is 50.0 Å². The number of allylic oxidation sites excluding steroid dienone is 2. The third-order valence-corrected chi connectivity index (χ3v) is 8.28. The minimum Gasteiger partial charge on any atom is -0.478 e. The Morgan fingerprint density at radius 1 is 0.878 bits per heavy atom. The number of ether oxygens (including phenoxy) is 1.